The molecule has 5 nitrogen and oxygen atoms in total. The van der Waals surface area contributed by atoms with Crippen LogP contribution in [0.25, 0.3) is 38.8 Å². The molecule has 2 aromatic heterocycles. The smallest absolute Gasteiger partial charge is 0.164 e. The quantitative estimate of drug-likeness (QED) is 0.367. The van der Waals surface area contributed by atoms with Gasteiger partial charge in [-0.1, -0.05) is 55.5 Å². The molecule has 0 aliphatic rings. The van der Waals surface area contributed by atoms with E-state index in [0.29, 0.717) is 11.5 Å². The number of aryl methyl sites for hydroxylation is 1. The van der Waals surface area contributed by atoms with Crippen LogP contribution in [0.1, 0.15) is 12.6 Å². The van der Waals surface area contributed by atoms with Gasteiger partial charge in [-0.25, -0.2) is 9.67 Å². The van der Waals surface area contributed by atoms with E-state index in [2.05, 4.69) is 31.2 Å². The van der Waals surface area contributed by atoms with Crippen molar-refractivity contribution in [1.29, 1.82) is 0 Å². The van der Waals surface area contributed by atoms with Crippen molar-refractivity contribution in [1.82, 2.24) is 14.8 Å². The van der Waals surface area contributed by atoms with Crippen LogP contribution in [0.5, 0.6) is 11.5 Å². The fraction of sp³-hybridized carbons (Fsp3) is 0.154. The monoisotopic (exact) mass is 409 g/mol. The number of ether oxygens (including phenoxy) is 2. The van der Waals surface area contributed by atoms with Gasteiger partial charge in [0.15, 0.2) is 17.1 Å². The lowest BCUT2D eigenvalue weighted by atomic mass is 9.99. The summed E-state index contributed by atoms with van der Waals surface area (Å²) in [6.07, 6.45) is 0.798. The van der Waals surface area contributed by atoms with Gasteiger partial charge >= 0.3 is 0 Å². The molecule has 5 aromatic rings. The largest absolute Gasteiger partial charge is 0.493 e. The molecule has 2 heterocycles. The van der Waals surface area contributed by atoms with Gasteiger partial charge in [0.2, 0.25) is 0 Å². The van der Waals surface area contributed by atoms with E-state index in [4.69, 9.17) is 19.6 Å². The first kappa shape index (κ1) is 19.1. The second kappa shape index (κ2) is 7.76. The van der Waals surface area contributed by atoms with Gasteiger partial charge < -0.3 is 9.47 Å². The van der Waals surface area contributed by atoms with Crippen LogP contribution in [-0.2, 0) is 6.42 Å². The van der Waals surface area contributed by atoms with Gasteiger partial charge in [0.05, 0.1) is 36.7 Å². The van der Waals surface area contributed by atoms with Crippen LogP contribution in [0.15, 0.2) is 72.8 Å². The zero-order chi connectivity index (χ0) is 21.4. The Hall–Kier alpha value is -3.86. The number of hydrogen-bond donors (Lipinski definition) is 0. The molecule has 5 rings (SSSR count). The average Bonchev–Trinajstić information content (AvgIpc) is 3.22. The zero-order valence-electron chi connectivity index (χ0n) is 17.8. The van der Waals surface area contributed by atoms with E-state index in [-0.39, 0.29) is 0 Å². The van der Waals surface area contributed by atoms with Crippen LogP contribution in [-0.4, -0.2) is 29.0 Å². The number of fused-ring (bicyclic) bond motifs is 3. The maximum atomic E-state index is 5.63. The van der Waals surface area contributed by atoms with E-state index in [9.17, 15) is 0 Å². The minimum Gasteiger partial charge on any atom is -0.493 e. The van der Waals surface area contributed by atoms with E-state index < -0.39 is 0 Å². The van der Waals surface area contributed by atoms with Gasteiger partial charge in [-0.3, -0.25) is 0 Å². The van der Waals surface area contributed by atoms with E-state index in [1.165, 1.54) is 0 Å². The molecule has 0 saturated carbocycles. The van der Waals surface area contributed by atoms with Crippen LogP contribution in [0.2, 0.25) is 0 Å². The molecule has 5 heteroatoms. The molecule has 0 unspecified atom stereocenters. The van der Waals surface area contributed by atoms with Crippen molar-refractivity contribution in [3.63, 3.8) is 0 Å². The third kappa shape index (κ3) is 3.10. The number of pyridine rings is 1. The molecule has 0 radical (unpaired) electrons. The summed E-state index contributed by atoms with van der Waals surface area (Å²) in [5.41, 5.74) is 4.76. The van der Waals surface area contributed by atoms with Crippen LogP contribution >= 0.6 is 0 Å². The molecular weight excluding hydrogens is 386 g/mol. The first-order chi connectivity index (χ1) is 15.2. The van der Waals surface area contributed by atoms with Gasteiger partial charge in [-0.15, -0.1) is 0 Å². The maximum Gasteiger partial charge on any atom is 0.164 e. The second-order valence-corrected chi connectivity index (χ2v) is 7.33. The summed E-state index contributed by atoms with van der Waals surface area (Å²) in [5, 5.41) is 8.06. The third-order valence-electron chi connectivity index (χ3n) is 5.58. The Kier molecular flexibility index (Phi) is 4.79. The first-order valence-electron chi connectivity index (χ1n) is 10.3. The minimum absolute atomic E-state index is 0.682. The number of hydrogen-bond acceptors (Lipinski definition) is 4. The molecule has 0 saturated heterocycles. The number of nitrogens with zero attached hydrogens (tertiary/aromatic N) is 3. The average molecular weight is 409 g/mol. The van der Waals surface area contributed by atoms with Crippen LogP contribution in [0.4, 0.5) is 0 Å². The number of para-hydroxylation sites is 1. The predicted molar refractivity (Wildman–Crippen MR) is 124 cm³/mol. The summed E-state index contributed by atoms with van der Waals surface area (Å²) in [5.74, 6) is 1.37. The van der Waals surface area contributed by atoms with Gasteiger partial charge in [0, 0.05) is 16.3 Å². The lowest BCUT2D eigenvalue weighted by Crippen LogP contribution is -1.99. The van der Waals surface area contributed by atoms with E-state index >= 15 is 0 Å². The highest BCUT2D eigenvalue weighted by Gasteiger charge is 2.21. The summed E-state index contributed by atoms with van der Waals surface area (Å²) in [6.45, 7) is 2.12. The van der Waals surface area contributed by atoms with Crippen LogP contribution < -0.4 is 9.47 Å². The summed E-state index contributed by atoms with van der Waals surface area (Å²) in [4.78, 5) is 5.15. The molecule has 0 spiro atoms. The van der Waals surface area contributed by atoms with E-state index in [1.54, 1.807) is 14.2 Å². The second-order valence-electron chi connectivity index (χ2n) is 7.33. The Balaban J connectivity index is 1.97. The van der Waals surface area contributed by atoms with E-state index in [0.717, 1.165) is 50.9 Å². The Bertz CT molecular complexity index is 1380. The number of aromatic nitrogens is 3. The molecule has 0 amide bonds. The Morgan fingerprint density at radius 1 is 0.806 bits per heavy atom. The molecule has 0 atom stereocenters. The molecule has 154 valence electrons. The topological polar surface area (TPSA) is 49.2 Å². The maximum absolute atomic E-state index is 5.63. The predicted octanol–water partition coefficient (Wildman–Crippen LogP) is 5.82. The van der Waals surface area contributed by atoms with Crippen molar-refractivity contribution >= 4 is 21.8 Å². The van der Waals surface area contributed by atoms with Gasteiger partial charge in [-0.05, 0) is 30.7 Å². The van der Waals surface area contributed by atoms with Crippen molar-refractivity contribution < 1.29 is 9.47 Å². The molecule has 31 heavy (non-hydrogen) atoms. The van der Waals surface area contributed by atoms with Crippen molar-refractivity contribution in [3.05, 3.63) is 78.5 Å². The molecule has 0 aliphatic heterocycles. The van der Waals surface area contributed by atoms with Gasteiger partial charge in [0.1, 0.15) is 0 Å². The molecule has 0 aliphatic carbocycles. The summed E-state index contributed by atoms with van der Waals surface area (Å²) in [6, 6.07) is 24.4. The summed E-state index contributed by atoms with van der Waals surface area (Å²) >= 11 is 0. The number of benzene rings is 3. The minimum atomic E-state index is 0.682. The van der Waals surface area contributed by atoms with Crippen LogP contribution in [0, 0.1) is 0 Å². The standard InChI is InChI=1S/C26H23N3O2/c1-4-21-24-19-15-22(30-2)23(31-3)16-20(19)25(17-11-7-5-8-12-17)27-26(24)29(28-21)18-13-9-6-10-14-18/h5-16H,4H2,1-3H3. The summed E-state index contributed by atoms with van der Waals surface area (Å²) in [7, 11) is 3.32. The van der Waals surface area contributed by atoms with E-state index in [1.807, 2.05) is 53.2 Å². The highest BCUT2D eigenvalue weighted by Crippen LogP contribution is 2.41. The number of rotatable bonds is 5. The molecular formula is C26H23N3O2. The van der Waals surface area contributed by atoms with Crippen molar-refractivity contribution in [2.24, 2.45) is 0 Å². The lowest BCUT2D eigenvalue weighted by Gasteiger charge is -2.13. The van der Waals surface area contributed by atoms with Crippen LogP contribution in [0.3, 0.4) is 0 Å². The highest BCUT2D eigenvalue weighted by atomic mass is 16.5. The molecule has 3 aromatic carbocycles. The van der Waals surface area contributed by atoms with Crippen molar-refractivity contribution in [3.8, 4) is 28.4 Å². The number of methoxy groups -OCH3 is 2. The first-order valence-corrected chi connectivity index (χ1v) is 10.3. The Morgan fingerprint density at radius 2 is 1.42 bits per heavy atom. The van der Waals surface area contributed by atoms with Gasteiger partial charge in [0.25, 0.3) is 0 Å². The van der Waals surface area contributed by atoms with Crippen molar-refractivity contribution in [2.45, 2.75) is 13.3 Å². The zero-order valence-corrected chi connectivity index (χ0v) is 17.8. The third-order valence-corrected chi connectivity index (χ3v) is 5.58. The SMILES string of the molecule is CCc1nn(-c2ccccc2)c2nc(-c3ccccc3)c3cc(OC)c(OC)cc3c12. The molecule has 0 bridgehead atoms. The highest BCUT2D eigenvalue weighted by molar-refractivity contribution is 6.12. The lowest BCUT2D eigenvalue weighted by molar-refractivity contribution is 0.356. The van der Waals surface area contributed by atoms with Crippen molar-refractivity contribution in [2.75, 3.05) is 14.2 Å². The molecule has 0 N–H and O–H groups in total. The Labute approximate surface area is 180 Å². The van der Waals surface area contributed by atoms with Gasteiger partial charge in [-0.2, -0.15) is 5.10 Å². The molecule has 0 fully saturated rings. The normalized spacial score (nSPS) is 11.2. The Morgan fingerprint density at radius 3 is 2.03 bits per heavy atom. The fourth-order valence-corrected chi connectivity index (χ4v) is 4.09. The fourth-order valence-electron chi connectivity index (χ4n) is 4.09. The summed E-state index contributed by atoms with van der Waals surface area (Å²) < 4.78 is 13.2.